The van der Waals surface area contributed by atoms with Gasteiger partial charge in [0.2, 0.25) is 5.16 Å². The quantitative estimate of drug-likeness (QED) is 0.884. The zero-order valence-corrected chi connectivity index (χ0v) is 10.5. The van der Waals surface area contributed by atoms with Crippen molar-refractivity contribution in [3.8, 4) is 17.5 Å². The van der Waals surface area contributed by atoms with Crippen LogP contribution in [0.25, 0.3) is 11.4 Å². The van der Waals surface area contributed by atoms with E-state index in [0.717, 1.165) is 10.0 Å². The summed E-state index contributed by atoms with van der Waals surface area (Å²) in [6.45, 7) is 0. The van der Waals surface area contributed by atoms with Gasteiger partial charge >= 0.3 is 0 Å². The Morgan fingerprint density at radius 1 is 1.44 bits per heavy atom. The second-order valence-electron chi connectivity index (χ2n) is 2.89. The number of thioether (sulfide) groups is 1. The first-order valence-corrected chi connectivity index (χ1v) is 6.26. The van der Waals surface area contributed by atoms with Crippen LogP contribution >= 0.6 is 27.7 Å². The summed E-state index contributed by atoms with van der Waals surface area (Å²) >= 11 is 4.76. The predicted molar refractivity (Wildman–Crippen MR) is 65.9 cm³/mol. The maximum absolute atomic E-state index is 8.45. The summed E-state index contributed by atoms with van der Waals surface area (Å²) in [5.74, 6) is 1.06. The van der Waals surface area contributed by atoms with Crippen molar-refractivity contribution in [3.63, 3.8) is 0 Å². The molecule has 4 nitrogen and oxygen atoms in total. The van der Waals surface area contributed by atoms with Gasteiger partial charge in [0.05, 0.1) is 11.8 Å². The molecule has 0 saturated carbocycles. The number of benzene rings is 1. The van der Waals surface area contributed by atoms with Crippen LogP contribution in [0.3, 0.4) is 0 Å². The molecule has 0 spiro atoms. The van der Waals surface area contributed by atoms with Gasteiger partial charge in [-0.05, 0) is 6.07 Å². The van der Waals surface area contributed by atoms with E-state index >= 15 is 0 Å². The maximum Gasteiger partial charge on any atom is 0.209 e. The minimum atomic E-state index is 0.354. The van der Waals surface area contributed by atoms with Crippen molar-refractivity contribution in [2.24, 2.45) is 0 Å². The van der Waals surface area contributed by atoms with Crippen LogP contribution in [0.5, 0.6) is 0 Å². The summed E-state index contributed by atoms with van der Waals surface area (Å²) in [7, 11) is 0. The van der Waals surface area contributed by atoms with Crippen molar-refractivity contribution in [1.82, 2.24) is 15.2 Å². The van der Waals surface area contributed by atoms with E-state index in [2.05, 4.69) is 31.1 Å². The molecule has 0 aliphatic carbocycles. The molecule has 2 rings (SSSR count). The van der Waals surface area contributed by atoms with Gasteiger partial charge in [0.15, 0.2) is 5.82 Å². The highest BCUT2D eigenvalue weighted by Gasteiger charge is 2.08. The molecule has 0 aliphatic rings. The fourth-order valence-electron chi connectivity index (χ4n) is 1.18. The second kappa shape index (κ2) is 5.14. The lowest BCUT2D eigenvalue weighted by molar-refractivity contribution is 0.975. The monoisotopic (exact) mass is 294 g/mol. The van der Waals surface area contributed by atoms with Crippen molar-refractivity contribution < 1.29 is 0 Å². The summed E-state index contributed by atoms with van der Waals surface area (Å²) in [6, 6.07) is 9.80. The van der Waals surface area contributed by atoms with E-state index in [1.807, 2.05) is 30.3 Å². The summed E-state index contributed by atoms with van der Waals surface area (Å²) < 4.78 is 0.961. The van der Waals surface area contributed by atoms with Crippen molar-refractivity contribution in [2.45, 2.75) is 5.16 Å². The molecule has 0 amide bonds. The zero-order valence-electron chi connectivity index (χ0n) is 8.14. The van der Waals surface area contributed by atoms with E-state index < -0.39 is 0 Å². The third-order valence-corrected chi connectivity index (χ3v) is 3.27. The van der Waals surface area contributed by atoms with Crippen molar-refractivity contribution in [1.29, 1.82) is 5.26 Å². The Bertz CT molecular complexity index is 532. The van der Waals surface area contributed by atoms with E-state index in [0.29, 0.717) is 16.7 Å². The van der Waals surface area contributed by atoms with Crippen LogP contribution in [-0.2, 0) is 0 Å². The van der Waals surface area contributed by atoms with Crippen LogP contribution in [0.1, 0.15) is 0 Å². The molecule has 1 N–H and O–H groups in total. The molecule has 2 aromatic rings. The Hall–Kier alpha value is -1.32. The Balaban J connectivity index is 2.26. The number of H-pyrrole nitrogens is 1. The summed E-state index contributed by atoms with van der Waals surface area (Å²) in [5, 5.41) is 15.9. The molecule has 80 valence electrons. The van der Waals surface area contributed by atoms with E-state index in [4.69, 9.17) is 5.26 Å². The first-order valence-electron chi connectivity index (χ1n) is 4.48. The van der Waals surface area contributed by atoms with E-state index in [1.165, 1.54) is 11.8 Å². The molecule has 6 heteroatoms. The minimum Gasteiger partial charge on any atom is -0.258 e. The third-order valence-electron chi connectivity index (χ3n) is 1.86. The molecular formula is C10H7BrN4S. The maximum atomic E-state index is 8.45. The smallest absolute Gasteiger partial charge is 0.209 e. The van der Waals surface area contributed by atoms with Crippen LogP contribution in [0.4, 0.5) is 0 Å². The Morgan fingerprint density at radius 2 is 2.25 bits per heavy atom. The average molecular weight is 295 g/mol. The first kappa shape index (κ1) is 11.2. The predicted octanol–water partition coefficient (Wildman–Crippen LogP) is 2.85. The van der Waals surface area contributed by atoms with Gasteiger partial charge in [-0.2, -0.15) is 5.26 Å². The minimum absolute atomic E-state index is 0.354. The lowest BCUT2D eigenvalue weighted by Gasteiger charge is -1.97. The first-order chi connectivity index (χ1) is 7.81. The molecule has 0 radical (unpaired) electrons. The van der Waals surface area contributed by atoms with Gasteiger partial charge < -0.3 is 0 Å². The molecule has 1 heterocycles. The molecule has 1 aromatic carbocycles. The van der Waals surface area contributed by atoms with E-state index in [-0.39, 0.29) is 0 Å². The van der Waals surface area contributed by atoms with Gasteiger partial charge in [0.1, 0.15) is 0 Å². The van der Waals surface area contributed by atoms with Crippen molar-refractivity contribution >= 4 is 27.7 Å². The summed E-state index contributed by atoms with van der Waals surface area (Å²) in [4.78, 5) is 4.29. The fraction of sp³-hybridized carbons (Fsp3) is 0.100. The molecular weight excluding hydrogens is 288 g/mol. The topological polar surface area (TPSA) is 65.4 Å². The molecule has 16 heavy (non-hydrogen) atoms. The third kappa shape index (κ3) is 2.43. The molecule has 0 atom stereocenters. The normalized spacial score (nSPS) is 10.0. The van der Waals surface area contributed by atoms with Crippen LogP contribution in [0.15, 0.2) is 33.9 Å². The van der Waals surface area contributed by atoms with Crippen LogP contribution < -0.4 is 0 Å². The summed E-state index contributed by atoms with van der Waals surface area (Å²) in [6.07, 6.45) is 0. The van der Waals surface area contributed by atoms with Gasteiger partial charge in [0.25, 0.3) is 0 Å². The van der Waals surface area contributed by atoms with E-state index in [1.54, 1.807) is 0 Å². The van der Waals surface area contributed by atoms with Gasteiger partial charge in [-0.3, -0.25) is 5.10 Å². The molecule has 0 bridgehead atoms. The van der Waals surface area contributed by atoms with E-state index in [9.17, 15) is 0 Å². The Kier molecular flexibility index (Phi) is 3.59. The lowest BCUT2D eigenvalue weighted by Crippen LogP contribution is -1.81. The highest BCUT2D eigenvalue weighted by Crippen LogP contribution is 2.26. The molecule has 0 unspecified atom stereocenters. The second-order valence-corrected chi connectivity index (χ2v) is 4.69. The SMILES string of the molecule is N#CCSc1n[nH]c(-c2ccccc2Br)n1. The highest BCUT2D eigenvalue weighted by atomic mass is 79.9. The van der Waals surface area contributed by atoms with Crippen molar-refractivity contribution in [2.75, 3.05) is 5.75 Å². The number of rotatable bonds is 3. The van der Waals surface area contributed by atoms with Crippen LogP contribution in [-0.4, -0.2) is 20.9 Å². The molecule has 0 fully saturated rings. The van der Waals surface area contributed by atoms with Crippen LogP contribution in [0.2, 0.25) is 0 Å². The van der Waals surface area contributed by atoms with Gasteiger partial charge in [-0.1, -0.05) is 45.9 Å². The average Bonchev–Trinajstić information content (AvgIpc) is 2.75. The van der Waals surface area contributed by atoms with Gasteiger partial charge in [0, 0.05) is 10.0 Å². The summed E-state index contributed by atoms with van der Waals surface area (Å²) in [5.41, 5.74) is 0.957. The van der Waals surface area contributed by atoms with Gasteiger partial charge in [-0.15, -0.1) is 5.10 Å². The number of aromatic nitrogens is 3. The molecule has 1 aromatic heterocycles. The number of halogens is 1. The Labute approximate surface area is 105 Å². The highest BCUT2D eigenvalue weighted by molar-refractivity contribution is 9.10. The molecule has 0 aliphatic heterocycles. The number of nitriles is 1. The largest absolute Gasteiger partial charge is 0.258 e. The van der Waals surface area contributed by atoms with Crippen LogP contribution in [0, 0.1) is 11.3 Å². The standard InChI is InChI=1S/C10H7BrN4S/c11-8-4-2-1-3-7(8)9-13-10(15-14-9)16-6-5-12/h1-4H,6H2,(H,13,14,15). The Morgan fingerprint density at radius 3 is 3.00 bits per heavy atom. The zero-order chi connectivity index (χ0) is 11.4. The number of nitrogens with one attached hydrogen (secondary N) is 1. The number of hydrogen-bond donors (Lipinski definition) is 1. The number of aromatic amines is 1. The lowest BCUT2D eigenvalue weighted by atomic mass is 10.2. The molecule has 0 saturated heterocycles. The number of hydrogen-bond acceptors (Lipinski definition) is 4. The fourth-order valence-corrected chi connectivity index (χ4v) is 2.11. The number of nitrogens with zero attached hydrogens (tertiary/aromatic N) is 3. The van der Waals surface area contributed by atoms with Gasteiger partial charge in [-0.25, -0.2) is 4.98 Å². The van der Waals surface area contributed by atoms with Crippen molar-refractivity contribution in [3.05, 3.63) is 28.7 Å².